The molecular weight excluding hydrogens is 309 g/mol. The molecule has 1 heterocycles. The van der Waals surface area contributed by atoms with Gasteiger partial charge in [0.15, 0.2) is 11.5 Å². The lowest BCUT2D eigenvalue weighted by Gasteiger charge is -2.19. The van der Waals surface area contributed by atoms with Gasteiger partial charge in [0.25, 0.3) is 10.0 Å². The van der Waals surface area contributed by atoms with Crippen molar-refractivity contribution in [2.75, 3.05) is 17.9 Å². The topological polar surface area (TPSA) is 64.6 Å². The minimum Gasteiger partial charge on any atom is -0.486 e. The third-order valence-electron chi connectivity index (χ3n) is 3.34. The van der Waals surface area contributed by atoms with Crippen molar-refractivity contribution in [2.45, 2.75) is 11.8 Å². The van der Waals surface area contributed by atoms with Crippen molar-refractivity contribution in [3.05, 3.63) is 47.8 Å². The second kappa shape index (κ2) is 5.49. The Bertz CT molecular complexity index is 820. The van der Waals surface area contributed by atoms with E-state index in [9.17, 15) is 12.8 Å². The maximum Gasteiger partial charge on any atom is 0.262 e. The smallest absolute Gasteiger partial charge is 0.262 e. The standard InChI is InChI=1S/C15H14FNO4S/c1-10-12(16)3-2-4-13(10)17-22(18,19)11-5-6-14-15(9-11)21-8-7-20-14/h2-6,9,17H,7-8H2,1H3. The van der Waals surface area contributed by atoms with Crippen molar-refractivity contribution in [3.8, 4) is 11.5 Å². The van der Waals surface area contributed by atoms with Crippen LogP contribution in [0, 0.1) is 12.7 Å². The van der Waals surface area contributed by atoms with Crippen LogP contribution in [0.15, 0.2) is 41.3 Å². The van der Waals surface area contributed by atoms with Crippen molar-refractivity contribution in [3.63, 3.8) is 0 Å². The molecule has 0 unspecified atom stereocenters. The molecule has 1 aliphatic heterocycles. The predicted molar refractivity (Wildman–Crippen MR) is 79.4 cm³/mol. The molecule has 1 aliphatic rings. The van der Waals surface area contributed by atoms with E-state index in [1.807, 2.05) is 0 Å². The van der Waals surface area contributed by atoms with Crippen LogP contribution in [0.3, 0.4) is 0 Å². The number of benzene rings is 2. The van der Waals surface area contributed by atoms with Crippen LogP contribution in [0.4, 0.5) is 10.1 Å². The fourth-order valence-electron chi connectivity index (χ4n) is 2.11. The Kier molecular flexibility index (Phi) is 3.66. The average Bonchev–Trinajstić information content (AvgIpc) is 2.51. The first-order valence-corrected chi connectivity index (χ1v) is 8.13. The summed E-state index contributed by atoms with van der Waals surface area (Å²) in [6.45, 7) is 2.31. The monoisotopic (exact) mass is 323 g/mol. The van der Waals surface area contributed by atoms with E-state index >= 15 is 0 Å². The first-order chi connectivity index (χ1) is 10.5. The molecule has 7 heteroatoms. The van der Waals surface area contributed by atoms with Gasteiger partial charge in [-0.2, -0.15) is 0 Å². The van der Waals surface area contributed by atoms with Crippen molar-refractivity contribution >= 4 is 15.7 Å². The molecule has 0 amide bonds. The molecule has 2 aromatic carbocycles. The van der Waals surface area contributed by atoms with Gasteiger partial charge in [-0.1, -0.05) is 6.07 Å². The van der Waals surface area contributed by atoms with Gasteiger partial charge >= 0.3 is 0 Å². The van der Waals surface area contributed by atoms with Crippen LogP contribution >= 0.6 is 0 Å². The Morgan fingerprint density at radius 2 is 1.82 bits per heavy atom. The number of hydrogen-bond acceptors (Lipinski definition) is 4. The highest BCUT2D eigenvalue weighted by Crippen LogP contribution is 2.33. The third kappa shape index (κ3) is 2.71. The van der Waals surface area contributed by atoms with E-state index in [1.165, 1.54) is 37.3 Å². The zero-order valence-electron chi connectivity index (χ0n) is 11.8. The highest BCUT2D eigenvalue weighted by Gasteiger charge is 2.20. The van der Waals surface area contributed by atoms with Gasteiger partial charge in [0, 0.05) is 11.6 Å². The molecule has 0 aliphatic carbocycles. The number of halogens is 1. The molecule has 2 aromatic rings. The van der Waals surface area contributed by atoms with Gasteiger partial charge in [0.1, 0.15) is 19.0 Å². The SMILES string of the molecule is Cc1c(F)cccc1NS(=O)(=O)c1ccc2c(c1)OCCO2. The number of hydrogen-bond donors (Lipinski definition) is 1. The minimum atomic E-state index is -3.84. The van der Waals surface area contributed by atoms with E-state index in [0.717, 1.165) is 0 Å². The van der Waals surface area contributed by atoms with Crippen LogP contribution in [0.1, 0.15) is 5.56 Å². The third-order valence-corrected chi connectivity index (χ3v) is 4.70. The zero-order chi connectivity index (χ0) is 15.7. The second-order valence-corrected chi connectivity index (χ2v) is 6.51. The number of anilines is 1. The van der Waals surface area contributed by atoms with Crippen LogP contribution < -0.4 is 14.2 Å². The van der Waals surface area contributed by atoms with Crippen molar-refractivity contribution < 1.29 is 22.3 Å². The molecular formula is C15H14FNO4S. The Morgan fingerprint density at radius 1 is 1.09 bits per heavy atom. The summed E-state index contributed by atoms with van der Waals surface area (Å²) >= 11 is 0. The fourth-order valence-corrected chi connectivity index (χ4v) is 3.25. The normalized spacial score (nSPS) is 13.7. The highest BCUT2D eigenvalue weighted by molar-refractivity contribution is 7.92. The minimum absolute atomic E-state index is 0.0282. The largest absolute Gasteiger partial charge is 0.486 e. The molecule has 0 bridgehead atoms. The van der Waals surface area contributed by atoms with Crippen LogP contribution in [-0.4, -0.2) is 21.6 Å². The molecule has 0 spiro atoms. The summed E-state index contributed by atoms with van der Waals surface area (Å²) in [5.41, 5.74) is 0.443. The molecule has 3 rings (SSSR count). The second-order valence-electron chi connectivity index (χ2n) is 4.82. The molecule has 1 N–H and O–H groups in total. The van der Waals surface area contributed by atoms with Crippen molar-refractivity contribution in [2.24, 2.45) is 0 Å². The van der Waals surface area contributed by atoms with E-state index < -0.39 is 15.8 Å². The summed E-state index contributed by atoms with van der Waals surface area (Å²) in [6, 6.07) is 8.59. The first kappa shape index (κ1) is 14.6. The maximum absolute atomic E-state index is 13.5. The van der Waals surface area contributed by atoms with E-state index in [4.69, 9.17) is 9.47 Å². The molecule has 22 heavy (non-hydrogen) atoms. The quantitative estimate of drug-likeness (QED) is 0.943. The number of rotatable bonds is 3. The predicted octanol–water partition coefficient (Wildman–Crippen LogP) is 2.71. The van der Waals surface area contributed by atoms with Crippen LogP contribution in [0.2, 0.25) is 0 Å². The molecule has 0 atom stereocenters. The summed E-state index contributed by atoms with van der Waals surface area (Å²) in [5.74, 6) is 0.416. The van der Waals surface area contributed by atoms with Gasteiger partial charge in [-0.05, 0) is 31.2 Å². The van der Waals surface area contributed by atoms with Gasteiger partial charge in [-0.25, -0.2) is 12.8 Å². The molecule has 0 saturated heterocycles. The number of fused-ring (bicyclic) bond motifs is 1. The Balaban J connectivity index is 1.94. The van der Waals surface area contributed by atoms with Gasteiger partial charge < -0.3 is 9.47 Å². The summed E-state index contributed by atoms with van der Waals surface area (Å²) in [4.78, 5) is 0.0282. The number of sulfonamides is 1. The van der Waals surface area contributed by atoms with Crippen molar-refractivity contribution in [1.82, 2.24) is 0 Å². The molecule has 5 nitrogen and oxygen atoms in total. The van der Waals surface area contributed by atoms with Crippen molar-refractivity contribution in [1.29, 1.82) is 0 Å². The van der Waals surface area contributed by atoms with E-state index in [2.05, 4.69) is 4.72 Å². The van der Waals surface area contributed by atoms with Gasteiger partial charge in [-0.15, -0.1) is 0 Å². The lowest BCUT2D eigenvalue weighted by Crippen LogP contribution is -2.17. The number of nitrogens with one attached hydrogen (secondary N) is 1. The lowest BCUT2D eigenvalue weighted by molar-refractivity contribution is 0.171. The number of ether oxygens (including phenoxy) is 2. The first-order valence-electron chi connectivity index (χ1n) is 6.65. The Hall–Kier alpha value is -2.28. The summed E-state index contributed by atoms with van der Waals surface area (Å²) in [5, 5.41) is 0. The van der Waals surface area contributed by atoms with E-state index in [-0.39, 0.29) is 16.1 Å². The lowest BCUT2D eigenvalue weighted by atomic mass is 10.2. The van der Waals surface area contributed by atoms with Crippen LogP contribution in [0.5, 0.6) is 11.5 Å². The Labute approximate surface area is 127 Å². The Morgan fingerprint density at radius 3 is 2.59 bits per heavy atom. The maximum atomic E-state index is 13.5. The van der Waals surface area contributed by atoms with Gasteiger partial charge in [-0.3, -0.25) is 4.72 Å². The van der Waals surface area contributed by atoms with Crippen LogP contribution in [-0.2, 0) is 10.0 Å². The molecule has 0 saturated carbocycles. The average molecular weight is 323 g/mol. The van der Waals surface area contributed by atoms with E-state index in [1.54, 1.807) is 6.07 Å². The summed E-state index contributed by atoms with van der Waals surface area (Å²) in [6.07, 6.45) is 0. The van der Waals surface area contributed by atoms with Crippen LogP contribution in [0.25, 0.3) is 0 Å². The summed E-state index contributed by atoms with van der Waals surface area (Å²) < 4.78 is 51.5. The zero-order valence-corrected chi connectivity index (χ0v) is 12.6. The fraction of sp³-hybridized carbons (Fsp3) is 0.200. The highest BCUT2D eigenvalue weighted by atomic mass is 32.2. The van der Waals surface area contributed by atoms with Gasteiger partial charge in [0.05, 0.1) is 10.6 Å². The molecule has 116 valence electrons. The summed E-state index contributed by atoms with van der Waals surface area (Å²) in [7, 11) is -3.84. The van der Waals surface area contributed by atoms with E-state index in [0.29, 0.717) is 24.7 Å². The molecule has 0 radical (unpaired) electrons. The molecule has 0 aromatic heterocycles. The van der Waals surface area contributed by atoms with Gasteiger partial charge in [0.2, 0.25) is 0 Å². The molecule has 0 fully saturated rings.